The Morgan fingerprint density at radius 1 is 1.11 bits per heavy atom. The van der Waals surface area contributed by atoms with Gasteiger partial charge in [-0.25, -0.2) is 0 Å². The van der Waals surface area contributed by atoms with E-state index in [9.17, 15) is 4.79 Å². The first-order valence-corrected chi connectivity index (χ1v) is 9.25. The van der Waals surface area contributed by atoms with Crippen molar-refractivity contribution in [2.45, 2.75) is 26.2 Å². The third-order valence-electron chi connectivity index (χ3n) is 5.52. The highest BCUT2D eigenvalue weighted by atomic mass is 16.5. The Bertz CT molecular complexity index is 1200. The van der Waals surface area contributed by atoms with Gasteiger partial charge in [0, 0.05) is 17.4 Å². The molecule has 2 aromatic carbocycles. The molecule has 0 unspecified atom stereocenters. The molecule has 0 N–H and O–H groups in total. The van der Waals surface area contributed by atoms with E-state index in [1.165, 1.54) is 11.6 Å². The highest BCUT2D eigenvalue weighted by Gasteiger charge is 2.39. The van der Waals surface area contributed by atoms with Crippen LogP contribution in [0.25, 0.3) is 21.9 Å². The van der Waals surface area contributed by atoms with E-state index in [0.29, 0.717) is 46.5 Å². The van der Waals surface area contributed by atoms with Crippen LogP contribution in [0.3, 0.4) is 0 Å². The second-order valence-electron chi connectivity index (χ2n) is 7.37. The van der Waals surface area contributed by atoms with Gasteiger partial charge in [-0.15, -0.1) is 0 Å². The monoisotopic (exact) mass is 360 g/mol. The lowest BCUT2D eigenvalue weighted by atomic mass is 10.0. The van der Waals surface area contributed by atoms with Gasteiger partial charge in [0.1, 0.15) is 5.76 Å². The Kier molecular flexibility index (Phi) is 3.61. The normalized spacial score (nSPS) is 18.9. The quantitative estimate of drug-likeness (QED) is 0.493. The molecular formula is C23H20O4. The number of ether oxygens (including phenoxy) is 1. The molecule has 1 saturated carbocycles. The van der Waals surface area contributed by atoms with Gasteiger partial charge in [0.05, 0.1) is 18.3 Å². The van der Waals surface area contributed by atoms with Gasteiger partial charge < -0.3 is 13.6 Å². The lowest BCUT2D eigenvalue weighted by Crippen LogP contribution is -2.07. The summed E-state index contributed by atoms with van der Waals surface area (Å²) in [6.07, 6.45) is 2.74. The number of hydrogen-bond acceptors (Lipinski definition) is 4. The fourth-order valence-electron chi connectivity index (χ4n) is 4.01. The zero-order chi connectivity index (χ0) is 18.5. The fourth-order valence-corrected chi connectivity index (χ4v) is 4.01. The highest BCUT2D eigenvalue weighted by molar-refractivity contribution is 6.03. The van der Waals surface area contributed by atoms with Gasteiger partial charge in [-0.3, -0.25) is 4.79 Å². The number of aryl methyl sites for hydroxylation is 2. The minimum Gasteiger partial charge on any atom is -0.486 e. The molecule has 1 fully saturated rings. The first kappa shape index (κ1) is 16.2. The van der Waals surface area contributed by atoms with Crippen molar-refractivity contribution in [1.82, 2.24) is 0 Å². The Hall–Kier alpha value is -3.01. The molecule has 136 valence electrons. The van der Waals surface area contributed by atoms with Crippen LogP contribution in [0.4, 0.5) is 0 Å². The Labute approximate surface area is 156 Å². The van der Waals surface area contributed by atoms with E-state index in [-0.39, 0.29) is 5.43 Å². The van der Waals surface area contributed by atoms with Crippen molar-refractivity contribution >= 4 is 21.9 Å². The van der Waals surface area contributed by atoms with Crippen molar-refractivity contribution in [2.75, 3.05) is 6.61 Å². The van der Waals surface area contributed by atoms with E-state index >= 15 is 0 Å². The van der Waals surface area contributed by atoms with Gasteiger partial charge in [-0.1, -0.05) is 30.3 Å². The second-order valence-corrected chi connectivity index (χ2v) is 7.37. The third kappa shape index (κ3) is 2.64. The summed E-state index contributed by atoms with van der Waals surface area (Å²) in [6.45, 7) is 4.27. The van der Waals surface area contributed by atoms with E-state index in [2.05, 4.69) is 24.3 Å². The summed E-state index contributed by atoms with van der Waals surface area (Å²) in [4.78, 5) is 12.6. The van der Waals surface area contributed by atoms with Crippen LogP contribution in [0.5, 0.6) is 5.75 Å². The molecule has 2 heterocycles. The van der Waals surface area contributed by atoms with Crippen LogP contribution >= 0.6 is 0 Å². The Morgan fingerprint density at radius 3 is 2.74 bits per heavy atom. The molecule has 0 bridgehead atoms. The predicted octanol–water partition coefficient (Wildman–Crippen LogP) is 5.34. The molecule has 0 amide bonds. The summed E-state index contributed by atoms with van der Waals surface area (Å²) in [5.41, 5.74) is 3.30. The summed E-state index contributed by atoms with van der Waals surface area (Å²) in [5, 5.41) is 1.46. The number of hydrogen-bond donors (Lipinski definition) is 0. The number of furan rings is 1. The number of fused-ring (bicyclic) bond motifs is 2. The second kappa shape index (κ2) is 6.02. The molecule has 4 heteroatoms. The topological polar surface area (TPSA) is 52.6 Å². The lowest BCUT2D eigenvalue weighted by Gasteiger charge is -2.12. The highest BCUT2D eigenvalue weighted by Crippen LogP contribution is 2.48. The largest absolute Gasteiger partial charge is 0.486 e. The summed E-state index contributed by atoms with van der Waals surface area (Å²) in [7, 11) is 0. The average Bonchev–Trinajstić information content (AvgIpc) is 3.26. The molecular weight excluding hydrogens is 340 g/mol. The summed E-state index contributed by atoms with van der Waals surface area (Å²) in [6, 6.07) is 13.9. The molecule has 0 aliphatic heterocycles. The van der Waals surface area contributed by atoms with Gasteiger partial charge in [0.2, 0.25) is 5.75 Å². The first-order valence-electron chi connectivity index (χ1n) is 9.25. The first-order chi connectivity index (χ1) is 13.1. The minimum atomic E-state index is -0.0483. The van der Waals surface area contributed by atoms with E-state index in [1.807, 2.05) is 19.1 Å². The predicted molar refractivity (Wildman–Crippen MR) is 105 cm³/mol. The third-order valence-corrected chi connectivity index (χ3v) is 5.52. The van der Waals surface area contributed by atoms with Crippen LogP contribution in [0.2, 0.25) is 0 Å². The molecule has 1 aliphatic rings. The maximum atomic E-state index is 12.6. The van der Waals surface area contributed by atoms with Crippen molar-refractivity contribution in [3.05, 3.63) is 75.8 Å². The van der Waals surface area contributed by atoms with Crippen LogP contribution in [0.15, 0.2) is 62.4 Å². The van der Waals surface area contributed by atoms with Gasteiger partial charge >= 0.3 is 0 Å². The van der Waals surface area contributed by atoms with Crippen molar-refractivity contribution in [1.29, 1.82) is 0 Å². The minimum absolute atomic E-state index is 0.0483. The molecule has 0 saturated heterocycles. The van der Waals surface area contributed by atoms with Crippen molar-refractivity contribution in [2.24, 2.45) is 5.92 Å². The lowest BCUT2D eigenvalue weighted by molar-refractivity contribution is 0.294. The standard InChI is InChI=1S/C23H20O4/c1-13-10-19(24)20-14(2)17-8-9-25-21(17)23(22(20)27-13)26-12-16-11-18(16)15-6-4-3-5-7-15/h3-10,16,18H,11-12H2,1-2H3/t16-,18-/m1/s1. The Balaban J connectivity index is 1.53. The van der Waals surface area contributed by atoms with Gasteiger partial charge in [0.15, 0.2) is 16.6 Å². The molecule has 1 aliphatic carbocycles. The van der Waals surface area contributed by atoms with Gasteiger partial charge in [0.25, 0.3) is 0 Å². The van der Waals surface area contributed by atoms with Gasteiger partial charge in [-0.2, -0.15) is 0 Å². The molecule has 0 spiro atoms. The maximum absolute atomic E-state index is 12.6. The van der Waals surface area contributed by atoms with Crippen LogP contribution in [0.1, 0.15) is 29.2 Å². The van der Waals surface area contributed by atoms with Crippen molar-refractivity contribution in [3.8, 4) is 5.75 Å². The summed E-state index contributed by atoms with van der Waals surface area (Å²) < 4.78 is 17.8. The average molecular weight is 360 g/mol. The molecule has 4 nitrogen and oxygen atoms in total. The van der Waals surface area contributed by atoms with Crippen LogP contribution < -0.4 is 10.2 Å². The number of benzene rings is 2. The fraction of sp³-hybridized carbons (Fsp3) is 0.261. The van der Waals surface area contributed by atoms with Crippen molar-refractivity contribution in [3.63, 3.8) is 0 Å². The SMILES string of the molecule is Cc1cc(=O)c2c(C)c3ccoc3c(OC[C@H]3C[C@@H]3c3ccccc3)c2o1. The van der Waals surface area contributed by atoms with E-state index in [4.69, 9.17) is 13.6 Å². The maximum Gasteiger partial charge on any atom is 0.206 e. The van der Waals surface area contributed by atoms with Crippen molar-refractivity contribution < 1.29 is 13.6 Å². The molecule has 2 atom stereocenters. The van der Waals surface area contributed by atoms with E-state index in [1.54, 1.807) is 13.2 Å². The van der Waals surface area contributed by atoms with Gasteiger partial charge in [-0.05, 0) is 43.4 Å². The zero-order valence-electron chi connectivity index (χ0n) is 15.3. The smallest absolute Gasteiger partial charge is 0.206 e. The van der Waals surface area contributed by atoms with Crippen LogP contribution in [-0.2, 0) is 0 Å². The van der Waals surface area contributed by atoms with E-state index < -0.39 is 0 Å². The molecule has 5 rings (SSSR count). The molecule has 2 aromatic heterocycles. The Morgan fingerprint density at radius 2 is 1.93 bits per heavy atom. The summed E-state index contributed by atoms with van der Waals surface area (Å²) >= 11 is 0. The molecule has 4 aromatic rings. The zero-order valence-corrected chi connectivity index (χ0v) is 15.3. The van der Waals surface area contributed by atoms with Crippen LogP contribution in [0, 0.1) is 19.8 Å². The van der Waals surface area contributed by atoms with Crippen LogP contribution in [-0.4, -0.2) is 6.61 Å². The molecule has 27 heavy (non-hydrogen) atoms. The van der Waals surface area contributed by atoms with E-state index in [0.717, 1.165) is 17.4 Å². The molecule has 0 radical (unpaired) electrons. The summed E-state index contributed by atoms with van der Waals surface area (Å²) in [5.74, 6) is 2.10. The number of rotatable bonds is 4.